The van der Waals surface area contributed by atoms with E-state index in [1.807, 2.05) is 18.2 Å². The molecule has 24 heavy (non-hydrogen) atoms. The summed E-state index contributed by atoms with van der Waals surface area (Å²) in [5.74, 6) is 0.930. The average Bonchev–Trinajstić information content (AvgIpc) is 3.11. The molecule has 130 valence electrons. The van der Waals surface area contributed by atoms with Gasteiger partial charge in [-0.1, -0.05) is 12.8 Å². The molecule has 1 heterocycles. The quantitative estimate of drug-likeness (QED) is 0.625. The lowest BCUT2D eigenvalue weighted by atomic mass is 10.2. The zero-order valence-electron chi connectivity index (χ0n) is 13.4. The van der Waals surface area contributed by atoms with Crippen molar-refractivity contribution in [3.05, 3.63) is 18.2 Å². The molecule has 7 heteroatoms. The molecule has 1 saturated carbocycles. The zero-order valence-corrected chi connectivity index (χ0v) is 14.2. The molecule has 1 aromatic rings. The van der Waals surface area contributed by atoms with E-state index < -0.39 is 5.97 Å². The minimum Gasteiger partial charge on any atom is -0.486 e. The highest BCUT2D eigenvalue weighted by molar-refractivity contribution is 8.00. The van der Waals surface area contributed by atoms with Crippen molar-refractivity contribution in [3.8, 4) is 11.5 Å². The number of thioether (sulfide) groups is 1. The summed E-state index contributed by atoms with van der Waals surface area (Å²) < 4.78 is 16.0. The Hall–Kier alpha value is -1.89. The molecule has 1 aromatic carbocycles. The van der Waals surface area contributed by atoms with Gasteiger partial charge >= 0.3 is 5.97 Å². The minimum atomic E-state index is -0.406. The van der Waals surface area contributed by atoms with E-state index in [0.717, 1.165) is 36.3 Å². The van der Waals surface area contributed by atoms with Gasteiger partial charge in [-0.05, 0) is 31.0 Å². The Balaban J connectivity index is 1.38. The Morgan fingerprint density at radius 2 is 1.92 bits per heavy atom. The van der Waals surface area contributed by atoms with E-state index in [1.54, 1.807) is 0 Å². The van der Waals surface area contributed by atoms with Gasteiger partial charge < -0.3 is 19.5 Å². The lowest BCUT2D eigenvalue weighted by Crippen LogP contribution is -2.36. The zero-order chi connectivity index (χ0) is 16.8. The first-order chi connectivity index (χ1) is 11.7. The van der Waals surface area contributed by atoms with Gasteiger partial charge in [-0.3, -0.25) is 9.59 Å². The second-order valence-corrected chi connectivity index (χ2v) is 6.85. The molecule has 1 aliphatic heterocycles. The summed E-state index contributed by atoms with van der Waals surface area (Å²) in [6.07, 6.45) is 4.33. The second kappa shape index (κ2) is 8.28. The Morgan fingerprint density at radius 3 is 2.71 bits per heavy atom. The number of rotatable bonds is 6. The molecule has 0 unspecified atom stereocenters. The molecule has 2 aliphatic rings. The number of carbonyl (C=O) groups is 2. The summed E-state index contributed by atoms with van der Waals surface area (Å²) in [7, 11) is 0. The van der Waals surface area contributed by atoms with E-state index in [4.69, 9.17) is 14.2 Å². The van der Waals surface area contributed by atoms with E-state index in [9.17, 15) is 9.59 Å². The van der Waals surface area contributed by atoms with Crippen molar-refractivity contribution >= 4 is 23.6 Å². The van der Waals surface area contributed by atoms with Crippen LogP contribution in [0.3, 0.4) is 0 Å². The highest BCUT2D eigenvalue weighted by atomic mass is 32.2. The molecule has 0 bridgehead atoms. The summed E-state index contributed by atoms with van der Waals surface area (Å²) >= 11 is 1.34. The number of amides is 1. The van der Waals surface area contributed by atoms with Crippen molar-refractivity contribution < 1.29 is 23.8 Å². The van der Waals surface area contributed by atoms with E-state index in [2.05, 4.69) is 5.32 Å². The van der Waals surface area contributed by atoms with Crippen LogP contribution in [0.5, 0.6) is 11.5 Å². The number of nitrogens with one attached hydrogen (secondary N) is 1. The van der Waals surface area contributed by atoms with Crippen LogP contribution in [-0.4, -0.2) is 43.5 Å². The summed E-state index contributed by atoms with van der Waals surface area (Å²) in [6, 6.07) is 5.79. The van der Waals surface area contributed by atoms with Crippen molar-refractivity contribution in [1.29, 1.82) is 0 Å². The predicted octanol–water partition coefficient (Wildman–Crippen LogP) is 2.15. The van der Waals surface area contributed by atoms with E-state index >= 15 is 0 Å². The maximum atomic E-state index is 11.8. The maximum absolute atomic E-state index is 11.8. The fraction of sp³-hybridized carbons (Fsp3) is 0.529. The Morgan fingerprint density at radius 1 is 1.17 bits per heavy atom. The summed E-state index contributed by atoms with van der Waals surface area (Å²) in [5, 5.41) is 2.89. The van der Waals surface area contributed by atoms with Crippen LogP contribution in [0.4, 0.5) is 0 Å². The third kappa shape index (κ3) is 4.80. The number of benzene rings is 1. The number of hydrogen-bond donors (Lipinski definition) is 1. The highest BCUT2D eigenvalue weighted by Crippen LogP contribution is 2.34. The molecular formula is C17H21NO5S. The van der Waals surface area contributed by atoms with Crippen LogP contribution in [0.25, 0.3) is 0 Å². The van der Waals surface area contributed by atoms with Gasteiger partial charge in [0.25, 0.3) is 5.91 Å². The second-order valence-electron chi connectivity index (χ2n) is 5.80. The van der Waals surface area contributed by atoms with Gasteiger partial charge in [-0.15, -0.1) is 11.8 Å². The molecular weight excluding hydrogens is 330 g/mol. The SMILES string of the molecule is O=C(COC(=O)CSc1ccc2c(c1)OCCO2)NC1CCCC1. The minimum absolute atomic E-state index is 0.149. The number of carbonyl (C=O) groups excluding carboxylic acids is 2. The van der Waals surface area contributed by atoms with Crippen LogP contribution in [0.1, 0.15) is 25.7 Å². The number of esters is 1. The van der Waals surface area contributed by atoms with Gasteiger partial charge in [0.1, 0.15) is 13.2 Å². The van der Waals surface area contributed by atoms with Gasteiger partial charge in [-0.2, -0.15) is 0 Å². The molecule has 6 nitrogen and oxygen atoms in total. The number of ether oxygens (including phenoxy) is 3. The fourth-order valence-corrected chi connectivity index (χ4v) is 3.51. The van der Waals surface area contributed by atoms with Crippen molar-refractivity contribution in [2.45, 2.75) is 36.6 Å². The highest BCUT2D eigenvalue weighted by Gasteiger charge is 2.18. The summed E-state index contributed by atoms with van der Waals surface area (Å²) in [4.78, 5) is 24.4. The molecule has 1 N–H and O–H groups in total. The van der Waals surface area contributed by atoms with Gasteiger partial charge in [0.05, 0.1) is 5.75 Å². The van der Waals surface area contributed by atoms with Crippen LogP contribution in [0, 0.1) is 0 Å². The largest absolute Gasteiger partial charge is 0.486 e. The third-order valence-corrected chi connectivity index (χ3v) is 4.92. The Labute approximate surface area is 145 Å². The normalized spacial score (nSPS) is 16.7. The third-order valence-electron chi connectivity index (χ3n) is 3.95. The topological polar surface area (TPSA) is 73.9 Å². The first-order valence-corrected chi connectivity index (χ1v) is 9.17. The Kier molecular flexibility index (Phi) is 5.85. The molecule has 0 spiro atoms. The maximum Gasteiger partial charge on any atom is 0.316 e. The van der Waals surface area contributed by atoms with Gasteiger partial charge in [-0.25, -0.2) is 0 Å². The summed E-state index contributed by atoms with van der Waals surface area (Å²) in [6.45, 7) is 0.866. The van der Waals surface area contributed by atoms with E-state index in [0.29, 0.717) is 19.0 Å². The molecule has 1 fully saturated rings. The van der Waals surface area contributed by atoms with Gasteiger partial charge in [0.2, 0.25) is 0 Å². The van der Waals surface area contributed by atoms with Crippen molar-refractivity contribution in [2.24, 2.45) is 0 Å². The molecule has 1 aliphatic carbocycles. The predicted molar refractivity (Wildman–Crippen MR) is 89.5 cm³/mol. The van der Waals surface area contributed by atoms with Crippen LogP contribution < -0.4 is 14.8 Å². The molecule has 1 amide bonds. The van der Waals surface area contributed by atoms with Gasteiger partial charge in [0.15, 0.2) is 18.1 Å². The number of hydrogen-bond acceptors (Lipinski definition) is 6. The van der Waals surface area contributed by atoms with Crippen molar-refractivity contribution in [3.63, 3.8) is 0 Å². The molecule has 0 aromatic heterocycles. The summed E-state index contributed by atoms with van der Waals surface area (Å²) in [5.41, 5.74) is 0. The van der Waals surface area contributed by atoms with Gasteiger partial charge in [0, 0.05) is 10.9 Å². The van der Waals surface area contributed by atoms with Crippen LogP contribution in [0.15, 0.2) is 23.1 Å². The molecule has 0 radical (unpaired) electrons. The van der Waals surface area contributed by atoms with E-state index in [-0.39, 0.29) is 24.3 Å². The standard InChI is InChI=1S/C17H21NO5S/c19-16(18-12-3-1-2-4-12)10-23-17(20)11-24-13-5-6-14-15(9-13)22-8-7-21-14/h5-6,9,12H,1-4,7-8,10-11H2,(H,18,19). The molecule has 0 atom stereocenters. The average molecular weight is 351 g/mol. The molecule has 3 rings (SSSR count). The lowest BCUT2D eigenvalue weighted by molar-refractivity contribution is -0.146. The fourth-order valence-electron chi connectivity index (χ4n) is 2.78. The lowest BCUT2D eigenvalue weighted by Gasteiger charge is -2.18. The van der Waals surface area contributed by atoms with Crippen molar-refractivity contribution in [1.82, 2.24) is 5.32 Å². The van der Waals surface area contributed by atoms with Crippen LogP contribution in [0.2, 0.25) is 0 Å². The monoisotopic (exact) mass is 351 g/mol. The van der Waals surface area contributed by atoms with Crippen LogP contribution >= 0.6 is 11.8 Å². The first-order valence-electron chi connectivity index (χ1n) is 8.18. The molecule has 0 saturated heterocycles. The van der Waals surface area contributed by atoms with Crippen molar-refractivity contribution in [2.75, 3.05) is 25.6 Å². The van der Waals surface area contributed by atoms with E-state index in [1.165, 1.54) is 11.8 Å². The van der Waals surface area contributed by atoms with Crippen LogP contribution in [-0.2, 0) is 14.3 Å². The smallest absolute Gasteiger partial charge is 0.316 e. The Bertz CT molecular complexity index is 601. The first kappa shape index (κ1) is 17.0. The number of fused-ring (bicyclic) bond motifs is 1.